The first-order valence-corrected chi connectivity index (χ1v) is 9.40. The summed E-state index contributed by atoms with van der Waals surface area (Å²) in [6, 6.07) is 15.6. The van der Waals surface area contributed by atoms with Gasteiger partial charge in [0.2, 0.25) is 5.91 Å². The van der Waals surface area contributed by atoms with Crippen LogP contribution in [0.15, 0.2) is 53.6 Å². The molecule has 0 aliphatic carbocycles. The molecule has 0 saturated carbocycles. The van der Waals surface area contributed by atoms with Gasteiger partial charge >= 0.3 is 0 Å². The van der Waals surface area contributed by atoms with Gasteiger partial charge in [0.1, 0.15) is 11.5 Å². The number of benzene rings is 2. The van der Waals surface area contributed by atoms with Gasteiger partial charge in [0.25, 0.3) is 5.91 Å². The molecule has 2 aromatic carbocycles. The summed E-state index contributed by atoms with van der Waals surface area (Å²) in [5.41, 5.74) is 3.57. The van der Waals surface area contributed by atoms with Crippen molar-refractivity contribution in [3.8, 4) is 5.75 Å². The molecule has 0 atom stereocenters. The van der Waals surface area contributed by atoms with Gasteiger partial charge in [0.05, 0.1) is 13.7 Å². The zero-order valence-corrected chi connectivity index (χ0v) is 16.3. The van der Waals surface area contributed by atoms with Gasteiger partial charge in [-0.1, -0.05) is 48.0 Å². The highest BCUT2D eigenvalue weighted by Gasteiger charge is 2.24. The van der Waals surface area contributed by atoms with Crippen LogP contribution in [0.3, 0.4) is 0 Å². The third kappa shape index (κ3) is 4.97. The first-order chi connectivity index (χ1) is 13.6. The zero-order chi connectivity index (χ0) is 19.9. The van der Waals surface area contributed by atoms with E-state index < -0.39 is 0 Å². The highest BCUT2D eigenvalue weighted by atomic mass is 16.5. The van der Waals surface area contributed by atoms with Gasteiger partial charge < -0.3 is 10.1 Å². The average Bonchev–Trinajstić information content (AvgIpc) is 2.70. The van der Waals surface area contributed by atoms with Crippen LogP contribution in [-0.4, -0.2) is 36.2 Å². The molecule has 3 rings (SSSR count). The molecule has 1 heterocycles. The van der Waals surface area contributed by atoms with E-state index in [2.05, 4.69) is 16.5 Å². The fourth-order valence-corrected chi connectivity index (χ4v) is 3.16. The van der Waals surface area contributed by atoms with Crippen LogP contribution >= 0.6 is 0 Å². The lowest BCUT2D eigenvalue weighted by Crippen LogP contribution is -2.39. The van der Waals surface area contributed by atoms with Gasteiger partial charge in [0.15, 0.2) is 0 Å². The number of ether oxygens (including phenoxy) is 1. The summed E-state index contributed by atoms with van der Waals surface area (Å²) < 4.78 is 5.38. The summed E-state index contributed by atoms with van der Waals surface area (Å²) in [5.74, 6) is 0.525. The second-order valence-electron chi connectivity index (χ2n) is 6.80. The van der Waals surface area contributed by atoms with Crippen LogP contribution in [-0.2, 0) is 22.6 Å². The quantitative estimate of drug-likeness (QED) is 0.804. The molecular formula is C22H25N3O3. The maximum atomic E-state index is 12.5. The van der Waals surface area contributed by atoms with Crippen molar-refractivity contribution in [3.63, 3.8) is 0 Å². The standard InChI is InChI=1S/C22H25N3O3/c1-16-8-10-20(28-2)18(14-16)12-13-23-22(27)19-9-11-21(26)25(24-19)15-17-6-4-3-5-7-17/h3-8,10,14H,9,11-13,15H2,1-2H3,(H,23,27). The number of carbonyl (C=O) groups excluding carboxylic acids is 2. The number of carbonyl (C=O) groups is 2. The lowest BCUT2D eigenvalue weighted by atomic mass is 10.1. The number of hydrogen-bond donors (Lipinski definition) is 1. The van der Waals surface area contributed by atoms with Gasteiger partial charge in [0, 0.05) is 19.4 Å². The van der Waals surface area contributed by atoms with E-state index in [4.69, 9.17) is 4.74 Å². The van der Waals surface area contributed by atoms with E-state index in [1.54, 1.807) is 7.11 Å². The third-order valence-electron chi connectivity index (χ3n) is 4.66. The Hall–Kier alpha value is -3.15. The minimum atomic E-state index is -0.225. The van der Waals surface area contributed by atoms with Crippen molar-refractivity contribution >= 4 is 17.5 Å². The van der Waals surface area contributed by atoms with Gasteiger partial charge in [-0.05, 0) is 30.5 Å². The molecule has 6 nitrogen and oxygen atoms in total. The van der Waals surface area contributed by atoms with E-state index in [0.717, 1.165) is 22.4 Å². The molecule has 28 heavy (non-hydrogen) atoms. The zero-order valence-electron chi connectivity index (χ0n) is 16.3. The minimum absolute atomic E-state index is 0.0649. The van der Waals surface area contributed by atoms with Gasteiger partial charge in [-0.3, -0.25) is 9.59 Å². The minimum Gasteiger partial charge on any atom is -0.496 e. The smallest absolute Gasteiger partial charge is 0.267 e. The Morgan fingerprint density at radius 1 is 1.18 bits per heavy atom. The summed E-state index contributed by atoms with van der Waals surface area (Å²) in [7, 11) is 1.64. The number of methoxy groups -OCH3 is 1. The number of rotatable bonds is 7. The maximum Gasteiger partial charge on any atom is 0.267 e. The predicted molar refractivity (Wildman–Crippen MR) is 108 cm³/mol. The lowest BCUT2D eigenvalue weighted by molar-refractivity contribution is -0.132. The van der Waals surface area contributed by atoms with Crippen LogP contribution in [0.2, 0.25) is 0 Å². The molecule has 0 saturated heterocycles. The van der Waals surface area contributed by atoms with Crippen LogP contribution in [0.25, 0.3) is 0 Å². The SMILES string of the molecule is COc1ccc(C)cc1CCNC(=O)C1=NN(Cc2ccccc2)C(=O)CC1. The Balaban J connectivity index is 1.60. The first kappa shape index (κ1) is 19.6. The third-order valence-corrected chi connectivity index (χ3v) is 4.66. The summed E-state index contributed by atoms with van der Waals surface area (Å²) in [6.07, 6.45) is 1.32. The first-order valence-electron chi connectivity index (χ1n) is 9.40. The summed E-state index contributed by atoms with van der Waals surface area (Å²) >= 11 is 0. The number of hydrogen-bond acceptors (Lipinski definition) is 4. The Morgan fingerprint density at radius 3 is 2.71 bits per heavy atom. The van der Waals surface area contributed by atoms with Crippen molar-refractivity contribution in [2.75, 3.05) is 13.7 Å². The van der Waals surface area contributed by atoms with E-state index >= 15 is 0 Å². The van der Waals surface area contributed by atoms with E-state index in [1.807, 2.05) is 49.4 Å². The van der Waals surface area contributed by atoms with Gasteiger partial charge in [-0.25, -0.2) is 5.01 Å². The monoisotopic (exact) mass is 379 g/mol. The molecule has 6 heteroatoms. The molecule has 1 aliphatic rings. The molecular weight excluding hydrogens is 354 g/mol. The maximum absolute atomic E-state index is 12.5. The van der Waals surface area contributed by atoms with Crippen LogP contribution in [0.1, 0.15) is 29.5 Å². The van der Waals surface area contributed by atoms with Crippen molar-refractivity contribution in [2.24, 2.45) is 5.10 Å². The number of nitrogens with one attached hydrogen (secondary N) is 1. The van der Waals surface area contributed by atoms with Gasteiger partial charge in [-0.2, -0.15) is 5.10 Å². The number of aryl methyl sites for hydroxylation is 1. The van der Waals surface area contributed by atoms with Gasteiger partial charge in [-0.15, -0.1) is 0 Å². The Kier molecular flexibility index (Phi) is 6.42. The average molecular weight is 379 g/mol. The van der Waals surface area contributed by atoms with E-state index in [1.165, 1.54) is 5.01 Å². The normalized spacial score (nSPS) is 13.9. The van der Waals surface area contributed by atoms with Crippen molar-refractivity contribution in [1.82, 2.24) is 10.3 Å². The summed E-state index contributed by atoms with van der Waals surface area (Å²) in [4.78, 5) is 24.6. The molecule has 0 aromatic heterocycles. The van der Waals surface area contributed by atoms with E-state index in [9.17, 15) is 9.59 Å². The molecule has 0 spiro atoms. The van der Waals surface area contributed by atoms with Crippen molar-refractivity contribution in [2.45, 2.75) is 32.7 Å². The molecule has 0 fully saturated rings. The van der Waals surface area contributed by atoms with Crippen LogP contribution in [0.4, 0.5) is 0 Å². The highest BCUT2D eigenvalue weighted by molar-refractivity contribution is 6.39. The largest absolute Gasteiger partial charge is 0.496 e. The van der Waals surface area contributed by atoms with Crippen molar-refractivity contribution < 1.29 is 14.3 Å². The topological polar surface area (TPSA) is 71.0 Å². The van der Waals surface area contributed by atoms with Crippen molar-refractivity contribution in [3.05, 3.63) is 65.2 Å². The molecule has 0 bridgehead atoms. The summed E-state index contributed by atoms with van der Waals surface area (Å²) in [6.45, 7) is 2.87. The number of amides is 2. The number of hydrazone groups is 1. The van der Waals surface area contributed by atoms with Crippen LogP contribution in [0, 0.1) is 6.92 Å². The molecule has 1 aliphatic heterocycles. The summed E-state index contributed by atoms with van der Waals surface area (Å²) in [5, 5.41) is 8.59. The molecule has 0 radical (unpaired) electrons. The Labute approximate surface area is 165 Å². The fourth-order valence-electron chi connectivity index (χ4n) is 3.16. The Bertz CT molecular complexity index is 878. The van der Waals surface area contributed by atoms with E-state index in [-0.39, 0.29) is 11.8 Å². The highest BCUT2D eigenvalue weighted by Crippen LogP contribution is 2.20. The van der Waals surface area contributed by atoms with Crippen LogP contribution < -0.4 is 10.1 Å². The molecule has 146 valence electrons. The Morgan fingerprint density at radius 2 is 1.96 bits per heavy atom. The molecule has 2 amide bonds. The van der Waals surface area contributed by atoms with Crippen LogP contribution in [0.5, 0.6) is 5.75 Å². The molecule has 2 aromatic rings. The fraction of sp³-hybridized carbons (Fsp3) is 0.318. The molecule has 0 unspecified atom stereocenters. The second kappa shape index (κ2) is 9.17. The van der Waals surface area contributed by atoms with Crippen molar-refractivity contribution in [1.29, 1.82) is 0 Å². The molecule has 1 N–H and O–H groups in total. The van der Waals surface area contributed by atoms with E-state index in [0.29, 0.717) is 38.1 Å². The second-order valence-corrected chi connectivity index (χ2v) is 6.80. The number of nitrogens with zero attached hydrogens (tertiary/aromatic N) is 2. The lowest BCUT2D eigenvalue weighted by Gasteiger charge is -2.23. The predicted octanol–water partition coefficient (Wildman–Crippen LogP) is 2.84.